The quantitative estimate of drug-likeness (QED) is 0.837. The second-order valence-corrected chi connectivity index (χ2v) is 3.45. The van der Waals surface area contributed by atoms with Crippen molar-refractivity contribution in [1.82, 2.24) is 0 Å². The number of anilines is 1. The van der Waals surface area contributed by atoms with E-state index < -0.39 is 18.8 Å². The summed E-state index contributed by atoms with van der Waals surface area (Å²) in [6, 6.07) is 7.09. The maximum absolute atomic E-state index is 12.0. The predicted molar refractivity (Wildman–Crippen MR) is 56.4 cm³/mol. The Hall–Kier alpha value is -1.23. The molecular weight excluding hydrogens is 219 g/mol. The van der Waals surface area contributed by atoms with Crippen LogP contribution in [0.1, 0.15) is 12.5 Å². The minimum Gasteiger partial charge on any atom is -0.382 e. The molecule has 0 aliphatic rings. The molecule has 0 aromatic heterocycles. The van der Waals surface area contributed by atoms with Crippen molar-refractivity contribution in [3.8, 4) is 0 Å². The monoisotopic (exact) mass is 233 g/mol. The van der Waals surface area contributed by atoms with Gasteiger partial charge in [-0.3, -0.25) is 0 Å². The van der Waals surface area contributed by atoms with Crippen LogP contribution >= 0.6 is 0 Å². The molecule has 0 aliphatic heterocycles. The Bertz CT molecular complexity index is 338. The Balaban J connectivity index is 2.61. The molecule has 0 saturated carbocycles. The van der Waals surface area contributed by atoms with Gasteiger partial charge in [-0.15, -0.1) is 0 Å². The fourth-order valence-corrected chi connectivity index (χ4v) is 1.32. The lowest BCUT2D eigenvalue weighted by Gasteiger charge is -2.17. The molecule has 0 radical (unpaired) electrons. The summed E-state index contributed by atoms with van der Waals surface area (Å²) < 4.78 is 36.1. The second kappa shape index (κ2) is 5.21. The van der Waals surface area contributed by atoms with Gasteiger partial charge >= 0.3 is 6.18 Å². The number of aryl methyl sites for hydroxylation is 1. The van der Waals surface area contributed by atoms with Crippen LogP contribution in [0.3, 0.4) is 0 Å². The van der Waals surface area contributed by atoms with Gasteiger partial charge in [-0.25, -0.2) is 0 Å². The molecule has 0 bridgehead atoms. The van der Waals surface area contributed by atoms with Crippen molar-refractivity contribution < 1.29 is 18.3 Å². The van der Waals surface area contributed by atoms with E-state index in [0.29, 0.717) is 5.69 Å². The Labute approximate surface area is 92.1 Å². The lowest BCUT2D eigenvalue weighted by Crippen LogP contribution is -2.35. The van der Waals surface area contributed by atoms with Crippen molar-refractivity contribution in [3.63, 3.8) is 0 Å². The molecule has 5 heteroatoms. The smallest absolute Gasteiger partial charge is 0.382 e. The molecule has 0 fully saturated rings. The van der Waals surface area contributed by atoms with E-state index in [-0.39, 0.29) is 0 Å². The highest BCUT2D eigenvalue weighted by atomic mass is 19.4. The van der Waals surface area contributed by atoms with E-state index >= 15 is 0 Å². The molecule has 1 rings (SSSR count). The fraction of sp³-hybridized carbons (Fsp3) is 0.455. The highest BCUT2D eigenvalue weighted by Crippen LogP contribution is 2.21. The van der Waals surface area contributed by atoms with E-state index in [1.165, 1.54) is 0 Å². The van der Waals surface area contributed by atoms with Crippen LogP contribution in [0.15, 0.2) is 24.3 Å². The fourth-order valence-electron chi connectivity index (χ4n) is 1.32. The Morgan fingerprint density at radius 2 is 1.94 bits per heavy atom. The number of halogens is 3. The van der Waals surface area contributed by atoms with Crippen molar-refractivity contribution in [2.24, 2.45) is 0 Å². The standard InChI is InChI=1S/C11H14F3NO/c1-2-8-5-3-4-6-9(8)15-7-10(16)11(12,13)14/h3-6,10,15-16H,2,7H2,1H3. The molecule has 16 heavy (non-hydrogen) atoms. The van der Waals surface area contributed by atoms with Gasteiger partial charge in [0.1, 0.15) is 0 Å². The van der Waals surface area contributed by atoms with Gasteiger partial charge in [-0.2, -0.15) is 13.2 Å². The first-order valence-corrected chi connectivity index (χ1v) is 5.01. The molecule has 2 N–H and O–H groups in total. The molecule has 0 spiro atoms. The van der Waals surface area contributed by atoms with Gasteiger partial charge in [0.15, 0.2) is 6.10 Å². The highest BCUT2D eigenvalue weighted by Gasteiger charge is 2.37. The van der Waals surface area contributed by atoms with Gasteiger partial charge in [0, 0.05) is 12.2 Å². The summed E-state index contributed by atoms with van der Waals surface area (Å²) in [5.41, 5.74) is 1.56. The number of nitrogens with one attached hydrogen (secondary N) is 1. The number of hydrogen-bond acceptors (Lipinski definition) is 2. The molecule has 0 saturated heterocycles. The first kappa shape index (κ1) is 12.8. The van der Waals surface area contributed by atoms with Gasteiger partial charge < -0.3 is 10.4 Å². The Morgan fingerprint density at radius 3 is 2.50 bits per heavy atom. The van der Waals surface area contributed by atoms with E-state index in [1.807, 2.05) is 19.1 Å². The van der Waals surface area contributed by atoms with Gasteiger partial charge in [0.25, 0.3) is 0 Å². The molecular formula is C11H14F3NO. The molecule has 90 valence electrons. The molecule has 1 aromatic carbocycles. The predicted octanol–water partition coefficient (Wildman–Crippen LogP) is 2.58. The Kier molecular flexibility index (Phi) is 4.18. The average molecular weight is 233 g/mol. The lowest BCUT2D eigenvalue weighted by atomic mass is 10.1. The van der Waals surface area contributed by atoms with Gasteiger partial charge in [-0.1, -0.05) is 25.1 Å². The molecule has 0 aliphatic carbocycles. The third-order valence-corrected chi connectivity index (χ3v) is 2.26. The third kappa shape index (κ3) is 3.41. The number of hydrogen-bond donors (Lipinski definition) is 2. The summed E-state index contributed by atoms with van der Waals surface area (Å²) in [6.07, 6.45) is -6.18. The van der Waals surface area contributed by atoms with Crippen molar-refractivity contribution in [2.75, 3.05) is 11.9 Å². The van der Waals surface area contributed by atoms with Crippen LogP contribution in [-0.4, -0.2) is 23.9 Å². The summed E-state index contributed by atoms with van der Waals surface area (Å²) in [7, 11) is 0. The van der Waals surface area contributed by atoms with E-state index in [9.17, 15) is 13.2 Å². The van der Waals surface area contributed by atoms with Crippen LogP contribution in [-0.2, 0) is 6.42 Å². The van der Waals surface area contributed by atoms with E-state index in [4.69, 9.17) is 5.11 Å². The van der Waals surface area contributed by atoms with E-state index in [1.54, 1.807) is 12.1 Å². The summed E-state index contributed by atoms with van der Waals surface area (Å²) in [5.74, 6) is 0. The van der Waals surface area contributed by atoms with Crippen molar-refractivity contribution in [2.45, 2.75) is 25.6 Å². The minimum absolute atomic E-state index is 0.527. The topological polar surface area (TPSA) is 32.3 Å². The zero-order valence-electron chi connectivity index (χ0n) is 8.88. The van der Waals surface area contributed by atoms with Crippen molar-refractivity contribution in [3.05, 3.63) is 29.8 Å². The zero-order chi connectivity index (χ0) is 12.2. The first-order valence-electron chi connectivity index (χ1n) is 5.01. The number of alkyl halides is 3. The summed E-state index contributed by atoms with van der Waals surface area (Å²) in [5, 5.41) is 11.4. The van der Waals surface area contributed by atoms with Gasteiger partial charge in [0.2, 0.25) is 0 Å². The van der Waals surface area contributed by atoms with E-state index in [0.717, 1.165) is 12.0 Å². The normalized spacial score (nSPS) is 13.6. The summed E-state index contributed by atoms with van der Waals surface area (Å²) in [6.45, 7) is 1.39. The van der Waals surface area contributed by atoms with Crippen LogP contribution in [0, 0.1) is 0 Å². The lowest BCUT2D eigenvalue weighted by molar-refractivity contribution is -0.198. The van der Waals surface area contributed by atoms with Crippen molar-refractivity contribution >= 4 is 5.69 Å². The average Bonchev–Trinajstić information content (AvgIpc) is 2.24. The van der Waals surface area contributed by atoms with Crippen LogP contribution in [0.5, 0.6) is 0 Å². The summed E-state index contributed by atoms with van der Waals surface area (Å²) >= 11 is 0. The first-order chi connectivity index (χ1) is 7.45. The van der Waals surface area contributed by atoms with Crippen molar-refractivity contribution in [1.29, 1.82) is 0 Å². The summed E-state index contributed by atoms with van der Waals surface area (Å²) in [4.78, 5) is 0. The maximum Gasteiger partial charge on any atom is 0.416 e. The number of aliphatic hydroxyl groups is 1. The molecule has 1 aromatic rings. The number of aliphatic hydroxyl groups excluding tert-OH is 1. The van der Waals surface area contributed by atoms with Crippen LogP contribution in [0.4, 0.5) is 18.9 Å². The third-order valence-electron chi connectivity index (χ3n) is 2.26. The molecule has 0 amide bonds. The number of rotatable bonds is 4. The SMILES string of the molecule is CCc1ccccc1NCC(O)C(F)(F)F. The molecule has 2 nitrogen and oxygen atoms in total. The maximum atomic E-state index is 12.0. The van der Waals surface area contributed by atoms with Crippen LogP contribution < -0.4 is 5.32 Å². The highest BCUT2D eigenvalue weighted by molar-refractivity contribution is 5.51. The van der Waals surface area contributed by atoms with Gasteiger partial charge in [-0.05, 0) is 18.1 Å². The molecule has 1 atom stereocenters. The Morgan fingerprint density at radius 1 is 1.31 bits per heavy atom. The van der Waals surface area contributed by atoms with Crippen LogP contribution in [0.2, 0.25) is 0 Å². The van der Waals surface area contributed by atoms with Crippen LogP contribution in [0.25, 0.3) is 0 Å². The van der Waals surface area contributed by atoms with Gasteiger partial charge in [0.05, 0.1) is 0 Å². The molecule has 1 unspecified atom stereocenters. The zero-order valence-corrected chi connectivity index (χ0v) is 8.88. The number of benzene rings is 1. The number of para-hydroxylation sites is 1. The molecule has 0 heterocycles. The largest absolute Gasteiger partial charge is 0.416 e. The second-order valence-electron chi connectivity index (χ2n) is 3.45. The minimum atomic E-state index is -4.58. The van der Waals surface area contributed by atoms with E-state index in [2.05, 4.69) is 5.32 Å².